The summed E-state index contributed by atoms with van der Waals surface area (Å²) in [5.41, 5.74) is 2.38. The van der Waals surface area contributed by atoms with Gasteiger partial charge in [-0.25, -0.2) is 0 Å². The number of carbonyl (C=O) groups is 2. The molecule has 0 spiro atoms. The van der Waals surface area contributed by atoms with Gasteiger partial charge in [0.15, 0.2) is 5.78 Å². The zero-order valence-electron chi connectivity index (χ0n) is 13.4. The van der Waals surface area contributed by atoms with Crippen LogP contribution in [0.15, 0.2) is 48.5 Å². The predicted octanol–water partition coefficient (Wildman–Crippen LogP) is 3.56. The highest BCUT2D eigenvalue weighted by Crippen LogP contribution is 2.16. The number of benzene rings is 2. The van der Waals surface area contributed by atoms with Crippen LogP contribution in [0.25, 0.3) is 0 Å². The van der Waals surface area contributed by atoms with Gasteiger partial charge < -0.3 is 9.47 Å². The second-order valence-corrected chi connectivity index (χ2v) is 5.12. The van der Waals surface area contributed by atoms with Crippen LogP contribution in [0.4, 0.5) is 0 Å². The van der Waals surface area contributed by atoms with Crippen LogP contribution in [0.5, 0.6) is 5.75 Å². The van der Waals surface area contributed by atoms with Gasteiger partial charge in [0.05, 0.1) is 19.6 Å². The van der Waals surface area contributed by atoms with E-state index in [1.165, 1.54) is 0 Å². The van der Waals surface area contributed by atoms with Crippen molar-refractivity contribution in [2.45, 2.75) is 20.3 Å². The van der Waals surface area contributed by atoms with E-state index in [2.05, 4.69) is 0 Å². The van der Waals surface area contributed by atoms with Crippen LogP contribution in [0.1, 0.15) is 34.8 Å². The second-order valence-electron chi connectivity index (χ2n) is 5.12. The molecule has 0 atom stereocenters. The summed E-state index contributed by atoms with van der Waals surface area (Å²) in [5.74, 6) is 0.316. The van der Waals surface area contributed by atoms with Gasteiger partial charge in [-0.15, -0.1) is 0 Å². The Kier molecular flexibility index (Phi) is 5.92. The monoisotopic (exact) mass is 312 g/mol. The van der Waals surface area contributed by atoms with E-state index in [-0.39, 0.29) is 24.8 Å². The summed E-state index contributed by atoms with van der Waals surface area (Å²) in [6.07, 6.45) is 0.206. The fourth-order valence-corrected chi connectivity index (χ4v) is 2.06. The SMILES string of the molecule is CCOC(=O)CCOc1ccc(C(=O)c2ccc(C)cc2)cc1. The Labute approximate surface area is 136 Å². The number of hydrogen-bond acceptors (Lipinski definition) is 4. The van der Waals surface area contributed by atoms with Crippen molar-refractivity contribution < 1.29 is 19.1 Å². The second kappa shape index (κ2) is 8.13. The molecule has 2 rings (SSSR count). The Morgan fingerprint density at radius 2 is 1.48 bits per heavy atom. The highest BCUT2D eigenvalue weighted by atomic mass is 16.5. The molecule has 0 aromatic heterocycles. The molecule has 0 aliphatic heterocycles. The van der Waals surface area contributed by atoms with Crippen molar-refractivity contribution in [3.8, 4) is 5.75 Å². The molecule has 0 bridgehead atoms. The molecule has 0 aliphatic carbocycles. The summed E-state index contributed by atoms with van der Waals surface area (Å²) in [4.78, 5) is 23.6. The van der Waals surface area contributed by atoms with Crippen LogP contribution >= 0.6 is 0 Å². The van der Waals surface area contributed by atoms with Crippen molar-refractivity contribution in [2.75, 3.05) is 13.2 Å². The molecule has 4 heteroatoms. The van der Waals surface area contributed by atoms with Crippen molar-refractivity contribution in [3.05, 3.63) is 65.2 Å². The molecule has 2 aromatic rings. The van der Waals surface area contributed by atoms with Gasteiger partial charge in [0.2, 0.25) is 0 Å². The molecule has 0 saturated heterocycles. The number of rotatable bonds is 7. The molecule has 0 heterocycles. The number of ketones is 1. The molecular formula is C19H20O4. The lowest BCUT2D eigenvalue weighted by Gasteiger charge is -2.07. The maximum Gasteiger partial charge on any atom is 0.309 e. The van der Waals surface area contributed by atoms with Gasteiger partial charge in [0, 0.05) is 11.1 Å². The first-order valence-electron chi connectivity index (χ1n) is 7.60. The third kappa shape index (κ3) is 4.95. The summed E-state index contributed by atoms with van der Waals surface area (Å²) < 4.78 is 10.3. The van der Waals surface area contributed by atoms with Crippen LogP contribution in [0.3, 0.4) is 0 Å². The van der Waals surface area contributed by atoms with Gasteiger partial charge in [-0.2, -0.15) is 0 Å². The highest BCUT2D eigenvalue weighted by molar-refractivity contribution is 6.09. The Hall–Kier alpha value is -2.62. The lowest BCUT2D eigenvalue weighted by Crippen LogP contribution is -2.09. The van der Waals surface area contributed by atoms with Crippen LogP contribution in [-0.4, -0.2) is 25.0 Å². The molecular weight excluding hydrogens is 292 g/mol. The molecule has 4 nitrogen and oxygen atoms in total. The van der Waals surface area contributed by atoms with Gasteiger partial charge in [0.1, 0.15) is 5.75 Å². The van der Waals surface area contributed by atoms with E-state index in [4.69, 9.17) is 9.47 Å². The molecule has 0 N–H and O–H groups in total. The van der Waals surface area contributed by atoms with Gasteiger partial charge in [0.25, 0.3) is 0 Å². The van der Waals surface area contributed by atoms with Gasteiger partial charge in [-0.05, 0) is 38.1 Å². The maximum absolute atomic E-state index is 12.3. The summed E-state index contributed by atoms with van der Waals surface area (Å²) in [5, 5.41) is 0. The molecule has 23 heavy (non-hydrogen) atoms. The molecule has 0 fully saturated rings. The molecule has 0 unspecified atom stereocenters. The average Bonchev–Trinajstić information content (AvgIpc) is 2.56. The van der Waals surface area contributed by atoms with Crippen molar-refractivity contribution in [2.24, 2.45) is 0 Å². The van der Waals surface area contributed by atoms with E-state index in [9.17, 15) is 9.59 Å². The normalized spacial score (nSPS) is 10.2. The zero-order valence-corrected chi connectivity index (χ0v) is 13.4. The minimum absolute atomic E-state index is 0.0249. The van der Waals surface area contributed by atoms with E-state index in [0.717, 1.165) is 5.56 Å². The topological polar surface area (TPSA) is 52.6 Å². The van der Waals surface area contributed by atoms with Gasteiger partial charge in [-0.3, -0.25) is 9.59 Å². The van der Waals surface area contributed by atoms with Crippen molar-refractivity contribution >= 4 is 11.8 Å². The number of ether oxygens (including phenoxy) is 2. The van der Waals surface area contributed by atoms with Crippen molar-refractivity contribution in [1.29, 1.82) is 0 Å². The van der Waals surface area contributed by atoms with E-state index < -0.39 is 0 Å². The van der Waals surface area contributed by atoms with Gasteiger partial charge in [-0.1, -0.05) is 29.8 Å². The number of aryl methyl sites for hydroxylation is 1. The predicted molar refractivity (Wildman–Crippen MR) is 87.8 cm³/mol. The quantitative estimate of drug-likeness (QED) is 0.579. The lowest BCUT2D eigenvalue weighted by atomic mass is 10.0. The van der Waals surface area contributed by atoms with Crippen LogP contribution in [-0.2, 0) is 9.53 Å². The summed E-state index contributed by atoms with van der Waals surface area (Å²) in [7, 11) is 0. The van der Waals surface area contributed by atoms with Crippen molar-refractivity contribution in [3.63, 3.8) is 0 Å². The van der Waals surface area contributed by atoms with E-state index >= 15 is 0 Å². The average molecular weight is 312 g/mol. The Bertz CT molecular complexity index is 657. The smallest absolute Gasteiger partial charge is 0.309 e. The first-order valence-corrected chi connectivity index (χ1v) is 7.60. The summed E-state index contributed by atoms with van der Waals surface area (Å²) in [6.45, 7) is 4.37. The molecule has 0 radical (unpaired) electrons. The standard InChI is InChI=1S/C19H20O4/c1-3-22-18(20)12-13-23-17-10-8-16(9-11-17)19(21)15-6-4-14(2)5-7-15/h4-11H,3,12-13H2,1-2H3. The van der Waals surface area contributed by atoms with Crippen LogP contribution in [0.2, 0.25) is 0 Å². The lowest BCUT2D eigenvalue weighted by molar-refractivity contribution is -0.143. The fraction of sp³-hybridized carbons (Fsp3) is 0.263. The largest absolute Gasteiger partial charge is 0.493 e. The molecule has 0 aliphatic rings. The highest BCUT2D eigenvalue weighted by Gasteiger charge is 2.09. The molecule has 0 amide bonds. The first-order chi connectivity index (χ1) is 11.1. The zero-order chi connectivity index (χ0) is 16.7. The number of carbonyl (C=O) groups excluding carboxylic acids is 2. The molecule has 0 saturated carbocycles. The molecule has 120 valence electrons. The van der Waals surface area contributed by atoms with E-state index in [1.54, 1.807) is 31.2 Å². The van der Waals surface area contributed by atoms with E-state index in [0.29, 0.717) is 23.5 Å². The van der Waals surface area contributed by atoms with Crippen molar-refractivity contribution in [1.82, 2.24) is 0 Å². The Balaban J connectivity index is 1.92. The maximum atomic E-state index is 12.3. The van der Waals surface area contributed by atoms with Crippen LogP contribution in [0, 0.1) is 6.92 Å². The minimum atomic E-state index is -0.279. The third-order valence-corrected chi connectivity index (χ3v) is 3.31. The van der Waals surface area contributed by atoms with Gasteiger partial charge >= 0.3 is 5.97 Å². The molecule has 2 aromatic carbocycles. The minimum Gasteiger partial charge on any atom is -0.493 e. The Morgan fingerprint density at radius 1 is 0.913 bits per heavy atom. The van der Waals surface area contributed by atoms with E-state index in [1.807, 2.05) is 31.2 Å². The summed E-state index contributed by atoms with van der Waals surface area (Å²) in [6, 6.07) is 14.4. The summed E-state index contributed by atoms with van der Waals surface area (Å²) >= 11 is 0. The third-order valence-electron chi connectivity index (χ3n) is 3.31. The number of hydrogen-bond donors (Lipinski definition) is 0. The fourth-order valence-electron chi connectivity index (χ4n) is 2.06. The Morgan fingerprint density at radius 3 is 2.04 bits per heavy atom. The first kappa shape index (κ1) is 16.7. The van der Waals surface area contributed by atoms with Crippen LogP contribution < -0.4 is 4.74 Å². The number of esters is 1.